The van der Waals surface area contributed by atoms with Gasteiger partial charge in [0.15, 0.2) is 5.78 Å². The van der Waals surface area contributed by atoms with E-state index in [1.54, 1.807) is 11.3 Å². The van der Waals surface area contributed by atoms with Gasteiger partial charge < -0.3 is 0 Å². The van der Waals surface area contributed by atoms with Gasteiger partial charge in [-0.2, -0.15) is 0 Å². The van der Waals surface area contributed by atoms with Crippen LogP contribution in [0.15, 0.2) is 52.9 Å². The van der Waals surface area contributed by atoms with Crippen molar-refractivity contribution >= 4 is 29.3 Å². The second kappa shape index (κ2) is 6.23. The molecule has 21 heavy (non-hydrogen) atoms. The largest absolute Gasteiger partial charge is 0.289 e. The van der Waals surface area contributed by atoms with E-state index in [0.717, 1.165) is 40.8 Å². The summed E-state index contributed by atoms with van der Waals surface area (Å²) in [4.78, 5) is 13.8. The summed E-state index contributed by atoms with van der Waals surface area (Å²) in [7, 11) is 0. The molecule has 1 heterocycles. The molecule has 3 rings (SSSR count). The van der Waals surface area contributed by atoms with E-state index in [1.807, 2.05) is 17.5 Å². The van der Waals surface area contributed by atoms with E-state index in [-0.39, 0.29) is 5.78 Å². The lowest BCUT2D eigenvalue weighted by molar-refractivity contribution is -0.112. The molecular weight excluding hydrogens is 276 g/mol. The Hall–Kier alpha value is -1.93. The number of rotatable bonds is 2. The Morgan fingerprint density at radius 1 is 1.00 bits per heavy atom. The number of allylic oxidation sites excluding steroid dienone is 2. The highest BCUT2D eigenvalue weighted by molar-refractivity contribution is 7.10. The van der Waals surface area contributed by atoms with Crippen LogP contribution in [0, 0.1) is 6.92 Å². The first-order valence-corrected chi connectivity index (χ1v) is 8.16. The first kappa shape index (κ1) is 14.0. The lowest BCUT2D eigenvalue weighted by atomic mass is 9.87. The number of carbonyl (C=O) groups is 1. The van der Waals surface area contributed by atoms with Crippen LogP contribution in [0.3, 0.4) is 0 Å². The quantitative estimate of drug-likeness (QED) is 0.689. The van der Waals surface area contributed by atoms with E-state index in [2.05, 4.69) is 43.3 Å². The Kier molecular flexibility index (Phi) is 4.16. The lowest BCUT2D eigenvalue weighted by Crippen LogP contribution is -2.12. The zero-order chi connectivity index (χ0) is 14.7. The maximum absolute atomic E-state index is 12.6. The molecule has 106 valence electrons. The molecular formula is C19H18OS. The normalized spacial score (nSPS) is 19.4. The average molecular weight is 294 g/mol. The lowest BCUT2D eigenvalue weighted by Gasteiger charge is -2.16. The molecule has 0 bridgehead atoms. The van der Waals surface area contributed by atoms with Gasteiger partial charge in [-0.3, -0.25) is 4.79 Å². The molecule has 1 aliphatic rings. The fourth-order valence-corrected chi connectivity index (χ4v) is 3.27. The Morgan fingerprint density at radius 3 is 2.38 bits per heavy atom. The summed E-state index contributed by atoms with van der Waals surface area (Å²) >= 11 is 1.68. The monoisotopic (exact) mass is 294 g/mol. The zero-order valence-electron chi connectivity index (χ0n) is 12.1. The van der Waals surface area contributed by atoms with Crippen molar-refractivity contribution in [1.82, 2.24) is 0 Å². The summed E-state index contributed by atoms with van der Waals surface area (Å²) < 4.78 is 0. The Labute approximate surface area is 129 Å². The number of carbonyl (C=O) groups excluding carboxylic acids is 1. The highest BCUT2D eigenvalue weighted by Gasteiger charge is 2.20. The van der Waals surface area contributed by atoms with Crippen LogP contribution < -0.4 is 0 Å². The predicted molar refractivity (Wildman–Crippen MR) is 90.3 cm³/mol. The third-order valence-electron chi connectivity index (χ3n) is 3.75. The van der Waals surface area contributed by atoms with E-state index >= 15 is 0 Å². The molecule has 1 saturated carbocycles. The number of aryl methyl sites for hydroxylation is 1. The molecule has 0 saturated heterocycles. The molecule has 0 unspecified atom stereocenters. The first-order chi connectivity index (χ1) is 10.2. The maximum Gasteiger partial charge on any atom is 0.185 e. The van der Waals surface area contributed by atoms with E-state index in [0.29, 0.717) is 0 Å². The van der Waals surface area contributed by atoms with Gasteiger partial charge in [0.25, 0.3) is 0 Å². The van der Waals surface area contributed by atoms with E-state index < -0.39 is 0 Å². The molecule has 1 fully saturated rings. The van der Waals surface area contributed by atoms with Gasteiger partial charge in [0.1, 0.15) is 0 Å². The van der Waals surface area contributed by atoms with Crippen molar-refractivity contribution < 1.29 is 4.79 Å². The highest BCUT2D eigenvalue weighted by Crippen LogP contribution is 2.28. The predicted octanol–water partition coefficient (Wildman–Crippen LogP) is 5.28. The van der Waals surface area contributed by atoms with Crippen molar-refractivity contribution in [3.63, 3.8) is 0 Å². The Bertz CT molecular complexity index is 688. The number of ketones is 1. The van der Waals surface area contributed by atoms with Crippen molar-refractivity contribution in [3.05, 3.63) is 68.9 Å². The van der Waals surface area contributed by atoms with E-state index in [9.17, 15) is 4.79 Å². The van der Waals surface area contributed by atoms with Gasteiger partial charge in [0.05, 0.1) is 0 Å². The van der Waals surface area contributed by atoms with Crippen LogP contribution in [0.25, 0.3) is 12.2 Å². The minimum Gasteiger partial charge on any atom is -0.289 e. The van der Waals surface area contributed by atoms with Crippen molar-refractivity contribution in [2.24, 2.45) is 0 Å². The maximum atomic E-state index is 12.6. The molecule has 1 nitrogen and oxygen atoms in total. The van der Waals surface area contributed by atoms with Crippen LogP contribution in [0.4, 0.5) is 0 Å². The van der Waals surface area contributed by atoms with Crippen molar-refractivity contribution in [2.45, 2.75) is 26.2 Å². The summed E-state index contributed by atoms with van der Waals surface area (Å²) in [6.07, 6.45) is 6.93. The third-order valence-corrected chi connectivity index (χ3v) is 4.57. The number of hydrogen-bond acceptors (Lipinski definition) is 2. The van der Waals surface area contributed by atoms with Crippen LogP contribution in [0.2, 0.25) is 0 Å². The van der Waals surface area contributed by atoms with E-state index in [4.69, 9.17) is 0 Å². The van der Waals surface area contributed by atoms with Crippen molar-refractivity contribution in [2.75, 3.05) is 0 Å². The summed E-state index contributed by atoms with van der Waals surface area (Å²) in [6.45, 7) is 2.07. The van der Waals surface area contributed by atoms with Gasteiger partial charge in [-0.05, 0) is 55.3 Å². The number of Topliss-reactive ketones (excluding diaryl/α,β-unsaturated/α-hetero) is 1. The van der Waals surface area contributed by atoms with Crippen LogP contribution >= 0.6 is 11.3 Å². The van der Waals surface area contributed by atoms with Crippen LogP contribution in [0.5, 0.6) is 0 Å². The number of thiophene rings is 1. The second-order valence-electron chi connectivity index (χ2n) is 5.45. The Morgan fingerprint density at radius 2 is 1.71 bits per heavy atom. The number of benzene rings is 1. The van der Waals surface area contributed by atoms with Crippen LogP contribution in [-0.2, 0) is 4.79 Å². The smallest absolute Gasteiger partial charge is 0.185 e. The molecule has 0 N–H and O–H groups in total. The fraction of sp³-hybridized carbons (Fsp3) is 0.211. The molecule has 2 aromatic rings. The SMILES string of the molecule is Cc1ccc(/C=C2/CCC/C(=C/c3cccs3)C2=O)cc1. The number of hydrogen-bond donors (Lipinski definition) is 0. The van der Waals surface area contributed by atoms with Crippen molar-refractivity contribution in [3.8, 4) is 0 Å². The molecule has 1 aliphatic carbocycles. The molecule has 0 spiro atoms. The summed E-state index contributed by atoms with van der Waals surface area (Å²) in [5.74, 6) is 0.218. The van der Waals surface area contributed by atoms with Crippen LogP contribution in [-0.4, -0.2) is 5.78 Å². The standard InChI is InChI=1S/C19H18OS/c1-14-7-9-15(10-8-14)12-16-4-2-5-17(19(16)20)13-18-6-3-11-21-18/h3,6-13H,2,4-5H2,1H3/b16-12-,17-13-. The summed E-state index contributed by atoms with van der Waals surface area (Å²) in [6, 6.07) is 12.4. The summed E-state index contributed by atoms with van der Waals surface area (Å²) in [5, 5.41) is 2.04. The van der Waals surface area contributed by atoms with Gasteiger partial charge in [-0.25, -0.2) is 0 Å². The first-order valence-electron chi connectivity index (χ1n) is 7.28. The zero-order valence-corrected chi connectivity index (χ0v) is 13.0. The molecule has 0 aliphatic heterocycles. The van der Waals surface area contributed by atoms with E-state index in [1.165, 1.54) is 5.56 Å². The van der Waals surface area contributed by atoms with Gasteiger partial charge in [0, 0.05) is 16.0 Å². The topological polar surface area (TPSA) is 17.1 Å². The van der Waals surface area contributed by atoms with Gasteiger partial charge in [-0.15, -0.1) is 11.3 Å². The Balaban J connectivity index is 1.86. The third kappa shape index (κ3) is 3.40. The molecule has 1 aromatic heterocycles. The van der Waals surface area contributed by atoms with Gasteiger partial charge in [-0.1, -0.05) is 35.9 Å². The van der Waals surface area contributed by atoms with Gasteiger partial charge >= 0.3 is 0 Å². The fourth-order valence-electron chi connectivity index (χ4n) is 2.59. The molecule has 0 amide bonds. The average Bonchev–Trinajstić information content (AvgIpc) is 2.99. The minimum atomic E-state index is 0.218. The van der Waals surface area contributed by atoms with Crippen LogP contribution in [0.1, 0.15) is 35.3 Å². The molecule has 1 aromatic carbocycles. The van der Waals surface area contributed by atoms with Crippen molar-refractivity contribution in [1.29, 1.82) is 0 Å². The second-order valence-corrected chi connectivity index (χ2v) is 6.43. The molecule has 0 atom stereocenters. The van der Waals surface area contributed by atoms with Gasteiger partial charge in [0.2, 0.25) is 0 Å². The molecule has 2 heteroatoms. The minimum absolute atomic E-state index is 0.218. The molecule has 0 radical (unpaired) electrons. The summed E-state index contributed by atoms with van der Waals surface area (Å²) in [5.41, 5.74) is 4.24. The highest BCUT2D eigenvalue weighted by atomic mass is 32.1.